The fourth-order valence-electron chi connectivity index (χ4n) is 6.96. The van der Waals surface area contributed by atoms with Crippen LogP contribution in [0.5, 0.6) is 35.1 Å². The summed E-state index contributed by atoms with van der Waals surface area (Å²) < 4.78 is 95.3. The van der Waals surface area contributed by atoms with Crippen LogP contribution in [0.1, 0.15) is 20.8 Å². The van der Waals surface area contributed by atoms with Gasteiger partial charge in [0, 0.05) is 29.9 Å². The van der Waals surface area contributed by atoms with Gasteiger partial charge in [0.2, 0.25) is 39.4 Å². The number of hydrogen-bond donors (Lipinski definition) is 3. The number of hydrogen-bond acceptors (Lipinski definition) is 18. The van der Waals surface area contributed by atoms with E-state index in [-0.39, 0.29) is 66.0 Å². The number of primary sulfonamides is 1. The highest BCUT2D eigenvalue weighted by atomic mass is 127. The fraction of sp³-hybridized carbons (Fsp3) is 0.488. The van der Waals surface area contributed by atoms with Crippen LogP contribution in [0.3, 0.4) is 0 Å². The van der Waals surface area contributed by atoms with Gasteiger partial charge in [0.05, 0.1) is 107 Å². The number of aromatic nitrogens is 10. The third kappa shape index (κ3) is 16.7. The minimum absolute atomic E-state index is 0. The Morgan fingerprint density at radius 2 is 0.973 bits per heavy atom. The highest BCUT2D eigenvalue weighted by Crippen LogP contribution is 2.39. The molecule has 6 aromatic rings. The number of nitrogens with two attached hydrogens (primary N) is 1. The molecule has 5 atom stereocenters. The van der Waals surface area contributed by atoms with E-state index < -0.39 is 26.2 Å². The molecule has 1 aromatic carbocycles. The average molecular weight is 1460 g/mol. The fourth-order valence-corrected chi connectivity index (χ4v) is 10.8. The summed E-state index contributed by atoms with van der Waals surface area (Å²) in [5.41, 5.74) is 0. The number of rotatable bonds is 5. The molecule has 25 nitrogen and oxygen atoms in total. The third-order valence-electron chi connectivity index (χ3n) is 10.4. The molecular formula is C41H55Br3Cl3IN12O13S2. The number of sulfonamides is 1. The van der Waals surface area contributed by atoms with Crippen LogP contribution in [-0.4, -0.2) is 134 Å². The molecule has 0 spiro atoms. The summed E-state index contributed by atoms with van der Waals surface area (Å²) >= 11 is 29.8. The second-order valence-electron chi connectivity index (χ2n) is 16.6. The number of benzene rings is 1. The van der Waals surface area contributed by atoms with Gasteiger partial charge in [0.25, 0.3) is 0 Å². The highest BCUT2D eigenvalue weighted by molar-refractivity contribution is 14.1. The minimum atomic E-state index is -4.21. The molecular weight excluding hydrogens is 1410 g/mol. The molecule has 0 fully saturated rings. The quantitative estimate of drug-likeness (QED) is 0.0916. The molecule has 5 aliphatic rings. The second-order valence-corrected chi connectivity index (χ2v) is 23.5. The molecule has 418 valence electrons. The van der Waals surface area contributed by atoms with E-state index in [2.05, 4.69) is 103 Å². The Morgan fingerprint density at radius 3 is 1.43 bits per heavy atom. The zero-order valence-electron chi connectivity index (χ0n) is 40.7. The van der Waals surface area contributed by atoms with Crippen molar-refractivity contribution >= 4 is 125 Å². The van der Waals surface area contributed by atoms with Crippen molar-refractivity contribution in [3.63, 3.8) is 0 Å². The molecule has 0 aliphatic carbocycles. The molecule has 34 heteroatoms. The molecule has 5 unspecified atom stereocenters. The summed E-state index contributed by atoms with van der Waals surface area (Å²) in [5.74, 6) is 3.70. The maximum Gasteiger partial charge on any atom is 0.346 e. The summed E-state index contributed by atoms with van der Waals surface area (Å²) in [4.78, 5) is 1.76. The topological polar surface area (TPSA) is 335 Å². The molecule has 0 radical (unpaired) electrons. The molecule has 11 rings (SSSR count). The van der Waals surface area contributed by atoms with Crippen LogP contribution < -0.4 is 39.2 Å². The Labute approximate surface area is 486 Å². The van der Waals surface area contributed by atoms with Gasteiger partial charge in [0.1, 0.15) is 25.4 Å². The lowest BCUT2D eigenvalue weighted by Gasteiger charge is -2.22. The van der Waals surface area contributed by atoms with Gasteiger partial charge < -0.3 is 49.3 Å². The number of aliphatic hydroxyl groups is 1. The van der Waals surface area contributed by atoms with Gasteiger partial charge in [-0.15, -0.1) is 0 Å². The van der Waals surface area contributed by atoms with E-state index in [4.69, 9.17) is 77.7 Å². The van der Waals surface area contributed by atoms with Crippen molar-refractivity contribution in [3.8, 4) is 35.1 Å². The van der Waals surface area contributed by atoms with Crippen molar-refractivity contribution in [2.75, 3.05) is 45.1 Å². The van der Waals surface area contributed by atoms with Crippen molar-refractivity contribution in [2.45, 2.75) is 75.5 Å². The monoisotopic (exact) mass is 1460 g/mol. The lowest BCUT2D eigenvalue weighted by molar-refractivity contribution is 0.0176. The first-order valence-corrected chi connectivity index (χ1v) is 30.3. The summed E-state index contributed by atoms with van der Waals surface area (Å²) in [7, 11) is -6.26. The molecule has 0 saturated carbocycles. The number of halogens is 7. The van der Waals surface area contributed by atoms with E-state index in [9.17, 15) is 16.8 Å². The second kappa shape index (κ2) is 28.6. The van der Waals surface area contributed by atoms with Crippen LogP contribution in [0, 0.1) is 17.8 Å². The minimum Gasteiger partial charge on any atom is -0.477 e. The number of methoxy groups -OCH3 is 1. The maximum atomic E-state index is 12.5. The van der Waals surface area contributed by atoms with E-state index in [1.807, 2.05) is 23.5 Å². The molecule has 0 saturated heterocycles. The molecule has 75 heavy (non-hydrogen) atoms. The lowest BCUT2D eigenvalue weighted by Crippen LogP contribution is -2.31. The van der Waals surface area contributed by atoms with E-state index in [0.717, 1.165) is 44.9 Å². The van der Waals surface area contributed by atoms with Crippen LogP contribution in [0.15, 0.2) is 66.3 Å². The Bertz CT molecular complexity index is 2980. The Morgan fingerprint density at radius 1 is 0.613 bits per heavy atom. The van der Waals surface area contributed by atoms with Crippen molar-refractivity contribution in [1.29, 1.82) is 0 Å². The van der Waals surface area contributed by atoms with Gasteiger partial charge in [-0.25, -0.2) is 37.0 Å². The Balaban J connectivity index is 0.000000206. The van der Waals surface area contributed by atoms with Crippen molar-refractivity contribution in [2.24, 2.45) is 22.9 Å². The number of fused-ring (bicyclic) bond motifs is 5. The summed E-state index contributed by atoms with van der Waals surface area (Å²) in [6.07, 6.45) is 7.25. The van der Waals surface area contributed by atoms with Gasteiger partial charge in [-0.1, -0.05) is 78.2 Å². The van der Waals surface area contributed by atoms with Gasteiger partial charge in [0.15, 0.2) is 15.5 Å². The van der Waals surface area contributed by atoms with Gasteiger partial charge in [-0.05, 0) is 64.9 Å². The van der Waals surface area contributed by atoms with Crippen molar-refractivity contribution < 1.29 is 60.0 Å². The molecule has 0 bridgehead atoms. The first-order valence-electron chi connectivity index (χ1n) is 21.7. The van der Waals surface area contributed by atoms with Gasteiger partial charge in [-0.3, -0.25) is 0 Å². The van der Waals surface area contributed by atoms with Crippen molar-refractivity contribution in [3.05, 3.63) is 71.6 Å². The lowest BCUT2D eigenvalue weighted by atomic mass is 10.2. The number of aliphatic hydroxyl groups excluding tert-OH is 1. The summed E-state index contributed by atoms with van der Waals surface area (Å²) in [6.45, 7) is 12.2. The molecule has 5 aliphatic heterocycles. The number of alkyl halides is 1. The average Bonchev–Trinajstić information content (AvgIpc) is 4.20. The summed E-state index contributed by atoms with van der Waals surface area (Å²) in [5, 5.41) is 34.6. The number of ether oxygens (including phenoxy) is 6. The molecule has 0 amide bonds. The maximum absolute atomic E-state index is 12.5. The van der Waals surface area contributed by atoms with E-state index >= 15 is 0 Å². The molecule has 8 N–H and O–H groups in total. The molecule has 5 aromatic heterocycles. The summed E-state index contributed by atoms with van der Waals surface area (Å²) in [6, 6.07) is 2.68. The van der Waals surface area contributed by atoms with Crippen LogP contribution in [0.4, 0.5) is 0 Å². The SMILES string of the molecule is CC1COc2c(Br)cnn2C1.CC1COc2c(S(=O)(=O)Oc3c(Cl)cc(Cl)cc3Cl)cnn2C1.CC1COc2c(S(N)(=O)=O)cnn2C1.CI.COC1COc2c(Br)cnn2C1.N.O.OC1COc2c(Br)cnn2C1. The van der Waals surface area contributed by atoms with Gasteiger partial charge >= 0.3 is 10.1 Å². The van der Waals surface area contributed by atoms with E-state index in [0.29, 0.717) is 63.8 Å². The largest absolute Gasteiger partial charge is 0.477 e. The van der Waals surface area contributed by atoms with E-state index in [1.165, 1.54) is 33.9 Å². The third-order valence-corrected chi connectivity index (χ3v) is 14.9. The predicted molar refractivity (Wildman–Crippen MR) is 295 cm³/mol. The smallest absolute Gasteiger partial charge is 0.346 e. The highest BCUT2D eigenvalue weighted by Gasteiger charge is 2.32. The standard InChI is InChI=1S/C13H11Cl3N2O4S.C7H9BrN2O2.C7H9BrN2O.C7H11N3O3S.C6H7BrN2O2.CH3I.H3N.H2O/c1-7-5-18-13(21-6-7)11(4-17-18)23(19,20)22-12-9(15)2-8(14)3-10(12)16;1-11-5-3-10-7(12-4-5)6(8)2-9-10;1-5-3-10-7(11-4-5)6(8)2-9-10;1-5-3-10-7(13-4-5)6(2-9-10)14(8,11)12;7-5-1-8-9-2-4(10)3-11-6(5)9;1-2;;/h2-4,7H,5-6H2,1H3;2,5H,3-4H2,1H3;2,5H,3-4H2,1H3;2,5H,3-4H2,1H3,(H2,8,11,12);1,4,10H,2-3H2;1H3;1H3;1H2. The zero-order valence-corrected chi connectivity index (χ0v) is 51.5. The van der Waals surface area contributed by atoms with Crippen LogP contribution in [0.2, 0.25) is 15.1 Å². The first-order chi connectivity index (χ1) is 34.6. The predicted octanol–water partition coefficient (Wildman–Crippen LogP) is 6.71. The van der Waals surface area contributed by atoms with Crippen LogP contribution in [-0.2, 0) is 57.6 Å². The zero-order chi connectivity index (χ0) is 53.4. The van der Waals surface area contributed by atoms with E-state index in [1.54, 1.807) is 35.1 Å². The van der Waals surface area contributed by atoms with Gasteiger partial charge in [-0.2, -0.15) is 33.9 Å². The normalized spacial score (nSPS) is 19.5. The van der Waals surface area contributed by atoms with Crippen LogP contribution in [0.25, 0.3) is 0 Å². The Hall–Kier alpha value is -3.19. The first kappa shape index (κ1) is 64.3. The van der Waals surface area contributed by atoms with Crippen molar-refractivity contribution in [1.82, 2.24) is 55.1 Å². The Kier molecular flexibility index (Phi) is 24.5. The number of nitrogens with zero attached hydrogens (tertiary/aromatic N) is 10. The van der Waals surface area contributed by atoms with Crippen LogP contribution >= 0.6 is 105 Å². The molecule has 10 heterocycles.